The summed E-state index contributed by atoms with van der Waals surface area (Å²) < 4.78 is 3.69. The molecular formula is C16H23N9. The maximum atomic E-state index is 6.21. The Hall–Kier alpha value is -2.84. The van der Waals surface area contributed by atoms with Gasteiger partial charge in [0.05, 0.1) is 11.4 Å². The molecule has 0 aromatic carbocycles. The average molecular weight is 341 g/mol. The molecule has 4 rings (SSSR count). The molecule has 1 aliphatic rings. The van der Waals surface area contributed by atoms with E-state index in [4.69, 9.17) is 5.73 Å². The number of piperazine rings is 1. The number of hydrogen-bond donors (Lipinski definition) is 1. The molecule has 132 valence electrons. The maximum Gasteiger partial charge on any atom is 0.254 e. The number of hydrogen-bond acceptors (Lipinski definition) is 7. The summed E-state index contributed by atoms with van der Waals surface area (Å²) in [7, 11) is 1.94. The predicted octanol–water partition coefficient (Wildman–Crippen LogP) is 0.637. The lowest BCUT2D eigenvalue weighted by molar-refractivity contribution is 0.614. The second kappa shape index (κ2) is 5.91. The lowest BCUT2D eigenvalue weighted by atomic mass is 10.2. The highest BCUT2D eigenvalue weighted by Crippen LogP contribution is 2.27. The van der Waals surface area contributed by atoms with Crippen LogP contribution in [0.5, 0.6) is 0 Å². The Labute approximate surface area is 146 Å². The lowest BCUT2D eigenvalue weighted by Crippen LogP contribution is -2.48. The van der Waals surface area contributed by atoms with E-state index in [2.05, 4.69) is 43.0 Å². The van der Waals surface area contributed by atoms with Crippen LogP contribution in [0, 0.1) is 6.92 Å². The Morgan fingerprint density at radius 3 is 2.52 bits per heavy atom. The molecule has 0 atom stereocenters. The van der Waals surface area contributed by atoms with Gasteiger partial charge in [-0.25, -0.2) is 4.98 Å². The third-order valence-corrected chi connectivity index (χ3v) is 4.79. The van der Waals surface area contributed by atoms with E-state index in [1.807, 2.05) is 23.2 Å². The Bertz CT molecular complexity index is 902. The molecule has 2 N–H and O–H groups in total. The molecule has 0 unspecified atom stereocenters. The Balaban J connectivity index is 1.59. The van der Waals surface area contributed by atoms with Crippen LogP contribution in [0.15, 0.2) is 12.4 Å². The zero-order chi connectivity index (χ0) is 17.6. The van der Waals surface area contributed by atoms with E-state index >= 15 is 0 Å². The maximum absolute atomic E-state index is 6.21. The van der Waals surface area contributed by atoms with Crippen LogP contribution in [0.4, 0.5) is 17.3 Å². The molecular weight excluding hydrogens is 318 g/mol. The highest BCUT2D eigenvalue weighted by molar-refractivity contribution is 5.66. The monoisotopic (exact) mass is 341 g/mol. The third-order valence-electron chi connectivity index (χ3n) is 4.79. The van der Waals surface area contributed by atoms with Gasteiger partial charge in [0, 0.05) is 45.0 Å². The molecule has 0 saturated carbocycles. The van der Waals surface area contributed by atoms with Crippen LogP contribution in [-0.2, 0) is 13.5 Å². The topological polar surface area (TPSA) is 93.4 Å². The van der Waals surface area contributed by atoms with Crippen LogP contribution in [0.2, 0.25) is 0 Å². The van der Waals surface area contributed by atoms with Crippen molar-refractivity contribution >= 4 is 23.1 Å². The van der Waals surface area contributed by atoms with Crippen molar-refractivity contribution in [2.24, 2.45) is 7.05 Å². The molecule has 3 aromatic rings. The molecule has 9 heteroatoms. The van der Waals surface area contributed by atoms with Gasteiger partial charge in [0.2, 0.25) is 0 Å². The second-order valence-corrected chi connectivity index (χ2v) is 6.35. The van der Waals surface area contributed by atoms with Crippen molar-refractivity contribution in [2.75, 3.05) is 41.7 Å². The van der Waals surface area contributed by atoms with Gasteiger partial charge in [-0.15, -0.1) is 0 Å². The molecule has 4 heterocycles. The lowest BCUT2D eigenvalue weighted by Gasteiger charge is -2.37. The first-order valence-electron chi connectivity index (χ1n) is 8.57. The van der Waals surface area contributed by atoms with Crippen LogP contribution >= 0.6 is 0 Å². The Morgan fingerprint density at radius 1 is 1.16 bits per heavy atom. The van der Waals surface area contributed by atoms with Crippen LogP contribution in [-0.4, -0.2) is 55.5 Å². The predicted molar refractivity (Wildman–Crippen MR) is 96.9 cm³/mol. The van der Waals surface area contributed by atoms with Crippen LogP contribution in [0.1, 0.15) is 18.3 Å². The summed E-state index contributed by atoms with van der Waals surface area (Å²) in [5.74, 6) is 2.71. The van der Waals surface area contributed by atoms with Crippen LogP contribution < -0.4 is 15.5 Å². The quantitative estimate of drug-likeness (QED) is 0.747. The highest BCUT2D eigenvalue weighted by atomic mass is 15.4. The van der Waals surface area contributed by atoms with E-state index in [9.17, 15) is 0 Å². The fourth-order valence-corrected chi connectivity index (χ4v) is 3.44. The minimum absolute atomic E-state index is 0.656. The zero-order valence-electron chi connectivity index (χ0n) is 14.8. The Morgan fingerprint density at radius 2 is 1.88 bits per heavy atom. The summed E-state index contributed by atoms with van der Waals surface area (Å²) in [4.78, 5) is 13.4. The molecule has 25 heavy (non-hydrogen) atoms. The van der Waals surface area contributed by atoms with Gasteiger partial charge in [-0.1, -0.05) is 6.92 Å². The van der Waals surface area contributed by atoms with Gasteiger partial charge in [-0.3, -0.25) is 4.68 Å². The first kappa shape index (κ1) is 15.7. The fourth-order valence-electron chi connectivity index (χ4n) is 3.44. The number of nitrogens with two attached hydrogens (primary N) is 1. The number of nitrogen functional groups attached to an aromatic ring is 1. The molecule has 0 radical (unpaired) electrons. The van der Waals surface area contributed by atoms with Crippen molar-refractivity contribution in [3.63, 3.8) is 0 Å². The summed E-state index contributed by atoms with van der Waals surface area (Å²) in [5.41, 5.74) is 8.89. The van der Waals surface area contributed by atoms with Crippen molar-refractivity contribution in [3.05, 3.63) is 23.8 Å². The summed E-state index contributed by atoms with van der Waals surface area (Å²) >= 11 is 0. The fraction of sp³-hybridized carbons (Fsp3) is 0.500. The van der Waals surface area contributed by atoms with Crippen molar-refractivity contribution in [3.8, 4) is 0 Å². The van der Waals surface area contributed by atoms with Gasteiger partial charge in [-0.2, -0.15) is 19.7 Å². The van der Waals surface area contributed by atoms with Gasteiger partial charge in [0.15, 0.2) is 5.82 Å². The molecule has 0 aliphatic carbocycles. The SMILES string of the molecule is CCc1cc(N2CCN(c3c(N)c(C)nn3C)CC2)n2ncnc2n1. The number of aryl methyl sites for hydroxylation is 3. The highest BCUT2D eigenvalue weighted by Gasteiger charge is 2.24. The molecule has 1 saturated heterocycles. The molecule has 1 aliphatic heterocycles. The Kier molecular flexibility index (Phi) is 3.70. The van der Waals surface area contributed by atoms with Crippen molar-refractivity contribution < 1.29 is 0 Å². The molecule has 3 aromatic heterocycles. The molecule has 0 bridgehead atoms. The number of aromatic nitrogens is 6. The summed E-state index contributed by atoms with van der Waals surface area (Å²) in [6, 6.07) is 2.11. The first-order valence-corrected chi connectivity index (χ1v) is 8.57. The van der Waals surface area contributed by atoms with E-state index in [-0.39, 0.29) is 0 Å². The molecule has 1 fully saturated rings. The van der Waals surface area contributed by atoms with Crippen molar-refractivity contribution in [1.82, 2.24) is 29.4 Å². The van der Waals surface area contributed by atoms with E-state index in [1.165, 1.54) is 0 Å². The summed E-state index contributed by atoms with van der Waals surface area (Å²) in [5, 5.41) is 8.76. The largest absolute Gasteiger partial charge is 0.394 e. The number of rotatable bonds is 3. The van der Waals surface area contributed by atoms with Gasteiger partial charge in [-0.05, 0) is 13.3 Å². The smallest absolute Gasteiger partial charge is 0.254 e. The second-order valence-electron chi connectivity index (χ2n) is 6.35. The third kappa shape index (κ3) is 2.55. The standard InChI is InChI=1S/C16H23N9/c1-4-12-9-13(25-16(20-12)18-10-19-25)23-5-7-24(8-6-23)15-14(17)11(2)21-22(15)3/h9-10H,4-8,17H2,1-3H3. The number of fused-ring (bicyclic) bond motifs is 1. The van der Waals surface area contributed by atoms with E-state index in [1.54, 1.807) is 6.33 Å². The molecule has 9 nitrogen and oxygen atoms in total. The minimum Gasteiger partial charge on any atom is -0.394 e. The van der Waals surface area contributed by atoms with Crippen molar-refractivity contribution in [2.45, 2.75) is 20.3 Å². The van der Waals surface area contributed by atoms with Gasteiger partial charge in [0.25, 0.3) is 5.78 Å². The first-order chi connectivity index (χ1) is 12.1. The molecule has 0 amide bonds. The van der Waals surface area contributed by atoms with Gasteiger partial charge >= 0.3 is 0 Å². The van der Waals surface area contributed by atoms with Crippen LogP contribution in [0.25, 0.3) is 5.78 Å². The van der Waals surface area contributed by atoms with Gasteiger partial charge < -0.3 is 15.5 Å². The average Bonchev–Trinajstić information content (AvgIpc) is 3.19. The normalized spacial score (nSPS) is 15.3. The summed E-state index contributed by atoms with van der Waals surface area (Å²) in [6.45, 7) is 7.56. The van der Waals surface area contributed by atoms with E-state index in [0.29, 0.717) is 5.78 Å². The number of nitrogens with zero attached hydrogens (tertiary/aromatic N) is 8. The minimum atomic E-state index is 0.656. The zero-order valence-corrected chi connectivity index (χ0v) is 14.8. The van der Waals surface area contributed by atoms with Gasteiger partial charge in [0.1, 0.15) is 12.1 Å². The molecule has 0 spiro atoms. The van der Waals surface area contributed by atoms with E-state index < -0.39 is 0 Å². The van der Waals surface area contributed by atoms with Crippen molar-refractivity contribution in [1.29, 1.82) is 0 Å². The van der Waals surface area contributed by atoms with E-state index in [0.717, 1.165) is 61.3 Å². The summed E-state index contributed by atoms with van der Waals surface area (Å²) in [6.07, 6.45) is 2.43. The number of anilines is 3. The van der Waals surface area contributed by atoms with Crippen LogP contribution in [0.3, 0.4) is 0 Å².